The molecule has 0 atom stereocenters. The van der Waals surface area contributed by atoms with E-state index in [1.807, 2.05) is 0 Å². The predicted octanol–water partition coefficient (Wildman–Crippen LogP) is 2.10. The van der Waals surface area contributed by atoms with Crippen molar-refractivity contribution in [1.82, 2.24) is 4.98 Å². The van der Waals surface area contributed by atoms with Crippen LogP contribution >= 0.6 is 11.3 Å². The van der Waals surface area contributed by atoms with E-state index in [0.717, 1.165) is 11.3 Å². The summed E-state index contributed by atoms with van der Waals surface area (Å²) in [5.74, 6) is -0.464. The van der Waals surface area contributed by atoms with Gasteiger partial charge in [-0.2, -0.15) is 0 Å². The number of rotatable bonds is 4. The van der Waals surface area contributed by atoms with Crippen molar-refractivity contribution in [3.63, 3.8) is 0 Å². The van der Waals surface area contributed by atoms with Gasteiger partial charge >= 0.3 is 0 Å². The number of thiophene rings is 1. The topological polar surface area (TPSA) is 105 Å². The molecular formula is C12H11N3O4S. The van der Waals surface area contributed by atoms with Crippen LogP contribution in [0.1, 0.15) is 20.1 Å². The number of pyridine rings is 1. The molecular weight excluding hydrogens is 282 g/mol. The third kappa shape index (κ3) is 2.81. The minimum absolute atomic E-state index is 0.0753. The highest BCUT2D eigenvalue weighted by Crippen LogP contribution is 2.28. The number of nitrogens with one attached hydrogen (secondary N) is 1. The van der Waals surface area contributed by atoms with E-state index < -0.39 is 10.8 Å². The van der Waals surface area contributed by atoms with Crippen molar-refractivity contribution < 1.29 is 14.8 Å². The zero-order valence-corrected chi connectivity index (χ0v) is 11.3. The van der Waals surface area contributed by atoms with Gasteiger partial charge in [0.1, 0.15) is 0 Å². The molecule has 0 aromatic carbocycles. The quantitative estimate of drug-likeness (QED) is 0.663. The Balaban J connectivity index is 2.24. The smallest absolute Gasteiger partial charge is 0.283 e. The Labute approximate surface area is 118 Å². The average molecular weight is 293 g/mol. The Morgan fingerprint density at radius 2 is 2.35 bits per heavy atom. The molecule has 2 N–H and O–H groups in total. The minimum Gasteiger partial charge on any atom is -0.392 e. The van der Waals surface area contributed by atoms with Crippen molar-refractivity contribution in [3.8, 4) is 0 Å². The van der Waals surface area contributed by atoms with Gasteiger partial charge in [-0.25, -0.2) is 0 Å². The van der Waals surface area contributed by atoms with Crippen LogP contribution in [0.5, 0.6) is 0 Å². The van der Waals surface area contributed by atoms with Gasteiger partial charge in [0.25, 0.3) is 11.6 Å². The van der Waals surface area contributed by atoms with Crippen LogP contribution in [0.4, 0.5) is 11.4 Å². The Morgan fingerprint density at radius 3 is 2.95 bits per heavy atom. The first-order valence-corrected chi connectivity index (χ1v) is 6.44. The van der Waals surface area contributed by atoms with Crippen molar-refractivity contribution in [1.29, 1.82) is 0 Å². The highest BCUT2D eigenvalue weighted by molar-refractivity contribution is 7.14. The average Bonchev–Trinajstić information content (AvgIpc) is 2.81. The predicted molar refractivity (Wildman–Crippen MR) is 73.8 cm³/mol. The van der Waals surface area contributed by atoms with Gasteiger partial charge in [0.2, 0.25) is 0 Å². The molecule has 2 aromatic rings. The van der Waals surface area contributed by atoms with E-state index in [-0.39, 0.29) is 17.2 Å². The summed E-state index contributed by atoms with van der Waals surface area (Å²) in [7, 11) is 0. The number of aromatic nitrogens is 1. The number of aryl methyl sites for hydroxylation is 1. The molecule has 0 saturated carbocycles. The number of anilines is 1. The minimum atomic E-state index is -0.522. The van der Waals surface area contributed by atoms with Crippen LogP contribution in [-0.4, -0.2) is 20.9 Å². The molecule has 8 heteroatoms. The van der Waals surface area contributed by atoms with E-state index in [1.165, 1.54) is 18.5 Å². The molecule has 104 valence electrons. The van der Waals surface area contributed by atoms with Crippen molar-refractivity contribution in [3.05, 3.63) is 50.0 Å². The van der Waals surface area contributed by atoms with Crippen molar-refractivity contribution >= 4 is 28.6 Å². The largest absolute Gasteiger partial charge is 0.392 e. The summed E-state index contributed by atoms with van der Waals surface area (Å²) in [5.41, 5.74) is 0.832. The number of amides is 1. The molecule has 7 nitrogen and oxygen atoms in total. The van der Waals surface area contributed by atoms with Crippen molar-refractivity contribution in [2.45, 2.75) is 13.5 Å². The maximum Gasteiger partial charge on any atom is 0.283 e. The Hall–Kier alpha value is -2.32. The monoisotopic (exact) mass is 293 g/mol. The van der Waals surface area contributed by atoms with Gasteiger partial charge in [-0.3, -0.25) is 19.9 Å². The summed E-state index contributed by atoms with van der Waals surface area (Å²) < 4.78 is 0. The van der Waals surface area contributed by atoms with Crippen LogP contribution < -0.4 is 5.32 Å². The van der Waals surface area contributed by atoms with Crippen LogP contribution in [-0.2, 0) is 6.61 Å². The van der Waals surface area contributed by atoms with Gasteiger partial charge in [-0.05, 0) is 13.0 Å². The Kier molecular flexibility index (Phi) is 4.06. The van der Waals surface area contributed by atoms with Crippen LogP contribution in [0.2, 0.25) is 0 Å². The third-order valence-corrected chi connectivity index (χ3v) is 3.68. The number of nitro groups is 1. The van der Waals surface area contributed by atoms with Crippen molar-refractivity contribution in [2.75, 3.05) is 5.32 Å². The van der Waals surface area contributed by atoms with Gasteiger partial charge in [-0.15, -0.1) is 11.3 Å². The fraction of sp³-hybridized carbons (Fsp3) is 0.167. The van der Waals surface area contributed by atoms with Crippen LogP contribution in [0, 0.1) is 17.0 Å². The summed E-state index contributed by atoms with van der Waals surface area (Å²) >= 11 is 1.05. The van der Waals surface area contributed by atoms with E-state index in [1.54, 1.807) is 13.0 Å². The van der Waals surface area contributed by atoms with Gasteiger partial charge in [0.05, 0.1) is 33.2 Å². The standard InChI is InChI=1S/C12H11N3O4S/c1-7-10(15(18)19)4-11(20-7)12(17)14-9-5-13-3-2-8(9)6-16/h2-5,16H,6H2,1H3,(H,14,17). The Morgan fingerprint density at radius 1 is 1.60 bits per heavy atom. The lowest BCUT2D eigenvalue weighted by atomic mass is 10.2. The van der Waals surface area contributed by atoms with E-state index in [9.17, 15) is 14.9 Å². The summed E-state index contributed by atoms with van der Waals surface area (Å²) in [6.07, 6.45) is 2.92. The fourth-order valence-electron chi connectivity index (χ4n) is 1.62. The number of carbonyl (C=O) groups is 1. The molecule has 2 aromatic heterocycles. The summed E-state index contributed by atoms with van der Waals surface area (Å²) in [6, 6.07) is 2.82. The zero-order chi connectivity index (χ0) is 14.7. The molecule has 0 radical (unpaired) electrons. The van der Waals surface area contributed by atoms with Gasteiger partial charge < -0.3 is 10.4 Å². The lowest BCUT2D eigenvalue weighted by Gasteiger charge is -2.07. The Bertz CT molecular complexity index is 668. The van der Waals surface area contributed by atoms with Crippen LogP contribution in [0.3, 0.4) is 0 Å². The van der Waals surface area contributed by atoms with E-state index in [4.69, 9.17) is 5.11 Å². The first-order chi connectivity index (χ1) is 9.52. The van der Waals surface area contributed by atoms with Crippen LogP contribution in [0.15, 0.2) is 24.5 Å². The molecule has 0 unspecified atom stereocenters. The van der Waals surface area contributed by atoms with E-state index >= 15 is 0 Å². The molecule has 0 aliphatic carbocycles. The number of hydrogen-bond acceptors (Lipinski definition) is 6. The van der Waals surface area contributed by atoms with Crippen molar-refractivity contribution in [2.24, 2.45) is 0 Å². The number of carbonyl (C=O) groups excluding carboxylic acids is 1. The molecule has 2 heterocycles. The fourth-order valence-corrected chi connectivity index (χ4v) is 2.51. The number of aliphatic hydroxyl groups is 1. The number of nitrogens with zero attached hydrogens (tertiary/aromatic N) is 2. The molecule has 0 saturated heterocycles. The first-order valence-electron chi connectivity index (χ1n) is 5.63. The van der Waals surface area contributed by atoms with Gasteiger partial charge in [0.15, 0.2) is 0 Å². The normalized spacial score (nSPS) is 10.3. The van der Waals surface area contributed by atoms with E-state index in [0.29, 0.717) is 16.1 Å². The second-order valence-corrected chi connectivity index (χ2v) is 5.21. The molecule has 2 rings (SSSR count). The highest BCUT2D eigenvalue weighted by atomic mass is 32.1. The molecule has 1 amide bonds. The molecule has 0 aliphatic rings. The lowest BCUT2D eigenvalue weighted by molar-refractivity contribution is -0.385. The SMILES string of the molecule is Cc1sc(C(=O)Nc2cnccc2CO)cc1[N+](=O)[O-]. The molecule has 0 aliphatic heterocycles. The lowest BCUT2D eigenvalue weighted by Crippen LogP contribution is -2.12. The van der Waals surface area contributed by atoms with E-state index in [2.05, 4.69) is 10.3 Å². The second kappa shape index (κ2) is 5.76. The highest BCUT2D eigenvalue weighted by Gasteiger charge is 2.20. The molecule has 20 heavy (non-hydrogen) atoms. The summed E-state index contributed by atoms with van der Waals surface area (Å²) in [4.78, 5) is 26.8. The molecule has 0 bridgehead atoms. The summed E-state index contributed by atoms with van der Waals surface area (Å²) in [5, 5.41) is 22.5. The maximum absolute atomic E-state index is 12.0. The first kappa shape index (κ1) is 14.1. The number of aliphatic hydroxyl groups excluding tert-OH is 1. The zero-order valence-electron chi connectivity index (χ0n) is 10.5. The van der Waals surface area contributed by atoms with Gasteiger partial charge in [-0.1, -0.05) is 0 Å². The number of hydrogen-bond donors (Lipinski definition) is 2. The molecule has 0 fully saturated rings. The van der Waals surface area contributed by atoms with Gasteiger partial charge in [0, 0.05) is 17.8 Å². The molecule has 0 spiro atoms. The maximum atomic E-state index is 12.0. The summed E-state index contributed by atoms with van der Waals surface area (Å²) in [6.45, 7) is 1.35. The second-order valence-electron chi connectivity index (χ2n) is 3.95. The van der Waals surface area contributed by atoms with Crippen LogP contribution in [0.25, 0.3) is 0 Å². The third-order valence-electron chi connectivity index (χ3n) is 2.64.